The molecule has 4 nitrogen and oxygen atoms in total. The molecule has 0 fully saturated rings. The molecular formula is C14H22N2O2. The number of carbonyl (C=O) groups is 1. The van der Waals surface area contributed by atoms with Crippen LogP contribution in [0.5, 0.6) is 0 Å². The molecule has 0 bridgehead atoms. The van der Waals surface area contributed by atoms with Gasteiger partial charge in [0.1, 0.15) is 0 Å². The summed E-state index contributed by atoms with van der Waals surface area (Å²) in [6.45, 7) is 8.07. The predicted octanol–water partition coefficient (Wildman–Crippen LogP) is 1.92. The van der Waals surface area contributed by atoms with Crippen LogP contribution in [0.2, 0.25) is 0 Å². The number of hydrogen-bond acceptors (Lipinski definition) is 3. The van der Waals surface area contributed by atoms with E-state index in [0.717, 1.165) is 5.69 Å². The van der Waals surface area contributed by atoms with Crippen LogP contribution in [0, 0.1) is 12.3 Å². The average Bonchev–Trinajstić information content (AvgIpc) is 2.28. The van der Waals surface area contributed by atoms with E-state index in [1.165, 1.54) is 0 Å². The van der Waals surface area contributed by atoms with Gasteiger partial charge in [-0.3, -0.25) is 9.78 Å². The predicted molar refractivity (Wildman–Crippen MR) is 71.4 cm³/mol. The fourth-order valence-electron chi connectivity index (χ4n) is 1.69. The van der Waals surface area contributed by atoms with Gasteiger partial charge in [-0.15, -0.1) is 0 Å². The van der Waals surface area contributed by atoms with Gasteiger partial charge in [0.25, 0.3) is 5.91 Å². The van der Waals surface area contributed by atoms with Crippen LogP contribution in [0.4, 0.5) is 0 Å². The van der Waals surface area contributed by atoms with Gasteiger partial charge in [0.15, 0.2) is 0 Å². The Kier molecular flexibility index (Phi) is 4.84. The van der Waals surface area contributed by atoms with Gasteiger partial charge in [0, 0.05) is 24.5 Å². The summed E-state index contributed by atoms with van der Waals surface area (Å²) >= 11 is 0. The maximum absolute atomic E-state index is 12.1. The summed E-state index contributed by atoms with van der Waals surface area (Å²) in [7, 11) is 0. The van der Waals surface area contributed by atoms with Crippen LogP contribution in [0.1, 0.15) is 43.2 Å². The van der Waals surface area contributed by atoms with Crippen molar-refractivity contribution in [1.29, 1.82) is 0 Å². The lowest BCUT2D eigenvalue weighted by Gasteiger charge is -2.31. The Labute approximate surface area is 108 Å². The number of pyridine rings is 1. The van der Waals surface area contributed by atoms with Crippen molar-refractivity contribution in [3.63, 3.8) is 0 Å². The van der Waals surface area contributed by atoms with Crippen molar-refractivity contribution in [3.05, 3.63) is 29.6 Å². The minimum Gasteiger partial charge on any atom is -0.396 e. The Morgan fingerprint density at radius 1 is 1.44 bits per heavy atom. The van der Waals surface area contributed by atoms with E-state index in [1.54, 1.807) is 12.3 Å². The van der Waals surface area contributed by atoms with Crippen molar-refractivity contribution in [2.24, 2.45) is 5.41 Å². The van der Waals surface area contributed by atoms with Crippen LogP contribution in [-0.2, 0) is 0 Å². The third-order valence-electron chi connectivity index (χ3n) is 2.94. The second-order valence-corrected chi connectivity index (χ2v) is 5.59. The minimum absolute atomic E-state index is 0.0590. The zero-order chi connectivity index (χ0) is 13.8. The van der Waals surface area contributed by atoms with E-state index in [2.05, 4.69) is 10.3 Å². The fraction of sp³-hybridized carbons (Fsp3) is 0.571. The Morgan fingerprint density at radius 2 is 2.11 bits per heavy atom. The zero-order valence-electron chi connectivity index (χ0n) is 11.5. The van der Waals surface area contributed by atoms with Crippen molar-refractivity contribution in [2.75, 3.05) is 6.61 Å². The number of carbonyl (C=O) groups excluding carboxylic acids is 1. The standard InChI is InChI=1S/C14H22N2O2/c1-10-5-6-11(9-15-10)13(18)16-12(7-8-17)14(2,3)4/h5-6,9,12,17H,7-8H2,1-4H3,(H,16,18). The number of rotatable bonds is 4. The maximum atomic E-state index is 12.1. The first-order valence-electron chi connectivity index (χ1n) is 6.19. The van der Waals surface area contributed by atoms with Gasteiger partial charge in [0.05, 0.1) is 5.56 Å². The molecule has 1 aromatic rings. The van der Waals surface area contributed by atoms with Crippen LogP contribution in [0.15, 0.2) is 18.3 Å². The number of nitrogens with one attached hydrogen (secondary N) is 1. The van der Waals surface area contributed by atoms with Gasteiger partial charge < -0.3 is 10.4 Å². The molecule has 18 heavy (non-hydrogen) atoms. The Morgan fingerprint density at radius 3 is 2.56 bits per heavy atom. The van der Waals surface area contributed by atoms with Crippen LogP contribution in [0.25, 0.3) is 0 Å². The summed E-state index contributed by atoms with van der Waals surface area (Å²) in [5, 5.41) is 12.0. The van der Waals surface area contributed by atoms with Gasteiger partial charge in [-0.25, -0.2) is 0 Å². The van der Waals surface area contributed by atoms with E-state index in [9.17, 15) is 4.79 Å². The summed E-state index contributed by atoms with van der Waals surface area (Å²) in [6, 6.07) is 3.51. The van der Waals surface area contributed by atoms with Crippen molar-refractivity contribution in [1.82, 2.24) is 10.3 Å². The third kappa shape index (κ3) is 4.11. The number of nitrogens with zero attached hydrogens (tertiary/aromatic N) is 1. The van der Waals surface area contributed by atoms with E-state index in [1.807, 2.05) is 33.8 Å². The van der Waals surface area contributed by atoms with E-state index >= 15 is 0 Å². The summed E-state index contributed by atoms with van der Waals surface area (Å²) in [6.07, 6.45) is 2.12. The number of aliphatic hydroxyl groups is 1. The lowest BCUT2D eigenvalue weighted by atomic mass is 9.85. The minimum atomic E-state index is -0.143. The molecule has 1 unspecified atom stereocenters. The first-order chi connectivity index (χ1) is 8.34. The molecule has 0 saturated heterocycles. The maximum Gasteiger partial charge on any atom is 0.253 e. The molecular weight excluding hydrogens is 228 g/mol. The second kappa shape index (κ2) is 5.96. The molecule has 0 aliphatic heterocycles. The van der Waals surface area contributed by atoms with Gasteiger partial charge in [-0.05, 0) is 30.9 Å². The van der Waals surface area contributed by atoms with E-state index in [0.29, 0.717) is 12.0 Å². The van der Waals surface area contributed by atoms with Gasteiger partial charge in [0.2, 0.25) is 0 Å². The molecule has 0 aliphatic rings. The Balaban J connectivity index is 2.75. The van der Waals surface area contributed by atoms with E-state index < -0.39 is 0 Å². The highest BCUT2D eigenvalue weighted by Crippen LogP contribution is 2.22. The lowest BCUT2D eigenvalue weighted by Crippen LogP contribution is -2.44. The molecule has 0 spiro atoms. The smallest absolute Gasteiger partial charge is 0.253 e. The molecule has 0 aromatic carbocycles. The molecule has 100 valence electrons. The van der Waals surface area contributed by atoms with Crippen molar-refractivity contribution in [2.45, 2.75) is 40.2 Å². The SMILES string of the molecule is Cc1ccc(C(=O)NC(CCO)C(C)(C)C)cn1. The molecule has 1 rings (SSSR count). The Hall–Kier alpha value is -1.42. The summed E-state index contributed by atoms with van der Waals surface area (Å²) in [5.74, 6) is -0.143. The Bertz CT molecular complexity index is 393. The van der Waals surface area contributed by atoms with E-state index in [-0.39, 0.29) is 24.0 Å². The summed E-state index contributed by atoms with van der Waals surface area (Å²) < 4.78 is 0. The van der Waals surface area contributed by atoms with Crippen molar-refractivity contribution in [3.8, 4) is 0 Å². The van der Waals surface area contributed by atoms with Gasteiger partial charge in [-0.2, -0.15) is 0 Å². The second-order valence-electron chi connectivity index (χ2n) is 5.59. The highest BCUT2D eigenvalue weighted by atomic mass is 16.3. The monoisotopic (exact) mass is 250 g/mol. The summed E-state index contributed by atoms with van der Waals surface area (Å²) in [4.78, 5) is 16.2. The first-order valence-corrected chi connectivity index (χ1v) is 6.19. The average molecular weight is 250 g/mol. The van der Waals surface area contributed by atoms with Gasteiger partial charge >= 0.3 is 0 Å². The molecule has 1 heterocycles. The van der Waals surface area contributed by atoms with Crippen LogP contribution in [0.3, 0.4) is 0 Å². The lowest BCUT2D eigenvalue weighted by molar-refractivity contribution is 0.0885. The molecule has 1 atom stereocenters. The number of aryl methyl sites for hydroxylation is 1. The van der Waals surface area contributed by atoms with Crippen molar-refractivity contribution >= 4 is 5.91 Å². The fourth-order valence-corrected chi connectivity index (χ4v) is 1.69. The van der Waals surface area contributed by atoms with Crippen molar-refractivity contribution < 1.29 is 9.90 Å². The summed E-state index contributed by atoms with van der Waals surface area (Å²) in [5.41, 5.74) is 1.35. The van der Waals surface area contributed by atoms with Crippen LogP contribution >= 0.6 is 0 Å². The molecule has 0 radical (unpaired) electrons. The molecule has 0 saturated carbocycles. The molecule has 0 aliphatic carbocycles. The first kappa shape index (κ1) is 14.6. The largest absolute Gasteiger partial charge is 0.396 e. The zero-order valence-corrected chi connectivity index (χ0v) is 11.5. The number of hydrogen-bond donors (Lipinski definition) is 2. The normalized spacial score (nSPS) is 13.2. The quantitative estimate of drug-likeness (QED) is 0.858. The highest BCUT2D eigenvalue weighted by Gasteiger charge is 2.26. The molecule has 4 heteroatoms. The highest BCUT2D eigenvalue weighted by molar-refractivity contribution is 5.94. The molecule has 2 N–H and O–H groups in total. The van der Waals surface area contributed by atoms with Crippen LogP contribution in [-0.4, -0.2) is 28.6 Å². The number of amides is 1. The topological polar surface area (TPSA) is 62.2 Å². The van der Waals surface area contributed by atoms with Crippen LogP contribution < -0.4 is 5.32 Å². The number of aliphatic hydroxyl groups excluding tert-OH is 1. The third-order valence-corrected chi connectivity index (χ3v) is 2.94. The number of aromatic nitrogens is 1. The molecule has 1 aromatic heterocycles. The molecule has 1 amide bonds. The van der Waals surface area contributed by atoms with E-state index in [4.69, 9.17) is 5.11 Å². The van der Waals surface area contributed by atoms with Gasteiger partial charge in [-0.1, -0.05) is 20.8 Å².